The van der Waals surface area contributed by atoms with Crippen LogP contribution in [0.5, 0.6) is 5.75 Å². The van der Waals surface area contributed by atoms with Crippen molar-refractivity contribution in [3.63, 3.8) is 0 Å². The first-order chi connectivity index (χ1) is 14.8. The molecule has 2 aliphatic rings. The number of carbonyl (C=O) groups is 2. The Kier molecular flexibility index (Phi) is 5.62. The Bertz CT molecular complexity index is 970. The zero-order chi connectivity index (χ0) is 22.2. The zero-order valence-electron chi connectivity index (χ0n) is 16.9. The first-order valence-electron chi connectivity index (χ1n) is 9.95. The predicted molar refractivity (Wildman–Crippen MR) is 109 cm³/mol. The van der Waals surface area contributed by atoms with Crippen LogP contribution in [-0.2, 0) is 15.8 Å². The van der Waals surface area contributed by atoms with E-state index in [1.807, 2.05) is 29.2 Å². The number of halogens is 3. The van der Waals surface area contributed by atoms with E-state index in [0.717, 1.165) is 28.5 Å². The summed E-state index contributed by atoms with van der Waals surface area (Å²) in [7, 11) is 1.61. The van der Waals surface area contributed by atoms with Crippen LogP contribution in [0.1, 0.15) is 12.0 Å². The number of ether oxygens (including phenoxy) is 1. The molecule has 0 saturated carbocycles. The largest absolute Gasteiger partial charge is 0.497 e. The molecule has 0 unspecified atom stereocenters. The van der Waals surface area contributed by atoms with Gasteiger partial charge in [-0.05, 0) is 36.4 Å². The summed E-state index contributed by atoms with van der Waals surface area (Å²) in [5.74, 6) is -0.0201. The van der Waals surface area contributed by atoms with Crippen molar-refractivity contribution in [1.29, 1.82) is 0 Å². The van der Waals surface area contributed by atoms with Gasteiger partial charge in [-0.2, -0.15) is 13.2 Å². The molecule has 164 valence electrons. The SMILES string of the molecule is COc1cccc(N2CCN([C@H]3CC(=O)N(c4ccc(C(F)(F)F)cc4)C3=O)CC2)c1. The highest BCUT2D eigenvalue weighted by atomic mass is 19.4. The van der Waals surface area contributed by atoms with E-state index in [4.69, 9.17) is 4.74 Å². The minimum atomic E-state index is -4.47. The van der Waals surface area contributed by atoms with Gasteiger partial charge in [0.05, 0.1) is 30.8 Å². The number of nitrogens with zero attached hydrogens (tertiary/aromatic N) is 3. The Hall–Kier alpha value is -3.07. The van der Waals surface area contributed by atoms with E-state index in [9.17, 15) is 22.8 Å². The van der Waals surface area contributed by atoms with Crippen LogP contribution in [0, 0.1) is 0 Å². The molecule has 0 aromatic heterocycles. The second-order valence-electron chi connectivity index (χ2n) is 7.56. The van der Waals surface area contributed by atoms with Gasteiger partial charge < -0.3 is 9.64 Å². The van der Waals surface area contributed by atoms with E-state index in [-0.39, 0.29) is 18.0 Å². The standard InChI is InChI=1S/C22H22F3N3O3/c1-31-18-4-2-3-17(13-18)26-9-11-27(12-10-26)19-14-20(29)28(21(19)30)16-7-5-15(6-8-16)22(23,24)25/h2-8,13,19H,9-12,14H2,1H3/t19-/m0/s1. The van der Waals surface area contributed by atoms with Gasteiger partial charge >= 0.3 is 6.18 Å². The summed E-state index contributed by atoms with van der Waals surface area (Å²) < 4.78 is 43.6. The van der Waals surface area contributed by atoms with Gasteiger partial charge in [0.1, 0.15) is 5.75 Å². The molecule has 2 aliphatic heterocycles. The lowest BCUT2D eigenvalue weighted by Crippen LogP contribution is -2.52. The molecule has 9 heteroatoms. The molecule has 0 radical (unpaired) electrons. The number of carbonyl (C=O) groups excluding carboxylic acids is 2. The number of anilines is 2. The van der Waals surface area contributed by atoms with E-state index in [2.05, 4.69) is 4.90 Å². The maximum Gasteiger partial charge on any atom is 0.416 e. The van der Waals surface area contributed by atoms with Crippen molar-refractivity contribution in [2.45, 2.75) is 18.6 Å². The normalized spacial score (nSPS) is 20.5. The van der Waals surface area contributed by atoms with Gasteiger partial charge in [-0.25, -0.2) is 4.90 Å². The lowest BCUT2D eigenvalue weighted by Gasteiger charge is -2.38. The van der Waals surface area contributed by atoms with Gasteiger partial charge in [0.15, 0.2) is 0 Å². The summed E-state index contributed by atoms with van der Waals surface area (Å²) >= 11 is 0. The molecule has 0 N–H and O–H groups in total. The molecule has 1 atom stereocenters. The van der Waals surface area contributed by atoms with Gasteiger partial charge in [-0.1, -0.05) is 6.07 Å². The number of alkyl halides is 3. The number of hydrogen-bond acceptors (Lipinski definition) is 5. The van der Waals surface area contributed by atoms with Crippen LogP contribution in [0.4, 0.5) is 24.5 Å². The number of rotatable bonds is 4. The third-order valence-electron chi connectivity index (χ3n) is 5.75. The van der Waals surface area contributed by atoms with E-state index in [1.54, 1.807) is 7.11 Å². The number of hydrogen-bond donors (Lipinski definition) is 0. The number of methoxy groups -OCH3 is 1. The summed E-state index contributed by atoms with van der Waals surface area (Å²) in [6, 6.07) is 11.2. The fourth-order valence-electron chi connectivity index (χ4n) is 4.07. The van der Waals surface area contributed by atoms with Crippen molar-refractivity contribution >= 4 is 23.2 Å². The highest BCUT2D eigenvalue weighted by molar-refractivity contribution is 6.22. The Morgan fingerprint density at radius 1 is 0.935 bits per heavy atom. The highest BCUT2D eigenvalue weighted by Gasteiger charge is 2.43. The van der Waals surface area contributed by atoms with Crippen LogP contribution in [0.25, 0.3) is 0 Å². The van der Waals surface area contributed by atoms with E-state index in [0.29, 0.717) is 26.2 Å². The van der Waals surface area contributed by atoms with Crippen molar-refractivity contribution in [2.75, 3.05) is 43.1 Å². The molecule has 31 heavy (non-hydrogen) atoms. The molecule has 2 aromatic carbocycles. The van der Waals surface area contributed by atoms with Crippen molar-refractivity contribution in [2.24, 2.45) is 0 Å². The van der Waals surface area contributed by atoms with Gasteiger partial charge in [0.2, 0.25) is 5.91 Å². The van der Waals surface area contributed by atoms with Crippen LogP contribution in [0.2, 0.25) is 0 Å². The quantitative estimate of drug-likeness (QED) is 0.694. The summed E-state index contributed by atoms with van der Waals surface area (Å²) in [4.78, 5) is 30.6. The molecule has 2 saturated heterocycles. The maximum atomic E-state index is 12.9. The van der Waals surface area contributed by atoms with Crippen molar-refractivity contribution in [3.05, 3.63) is 54.1 Å². The summed E-state index contributed by atoms with van der Waals surface area (Å²) in [5.41, 5.74) is 0.375. The lowest BCUT2D eigenvalue weighted by molar-refractivity contribution is -0.137. The molecule has 0 aliphatic carbocycles. The van der Waals surface area contributed by atoms with Crippen LogP contribution in [0.15, 0.2) is 48.5 Å². The number of imide groups is 1. The molecular weight excluding hydrogens is 411 g/mol. The Balaban J connectivity index is 1.42. The van der Waals surface area contributed by atoms with Gasteiger partial charge in [0.25, 0.3) is 5.91 Å². The Morgan fingerprint density at radius 3 is 2.23 bits per heavy atom. The maximum absolute atomic E-state index is 12.9. The average Bonchev–Trinajstić information content (AvgIpc) is 3.07. The third-order valence-corrected chi connectivity index (χ3v) is 5.75. The minimum Gasteiger partial charge on any atom is -0.497 e. The minimum absolute atomic E-state index is 0.0268. The first-order valence-corrected chi connectivity index (χ1v) is 9.95. The van der Waals surface area contributed by atoms with Crippen LogP contribution in [-0.4, -0.2) is 56.0 Å². The summed E-state index contributed by atoms with van der Waals surface area (Å²) in [5, 5.41) is 0. The molecule has 2 aromatic rings. The van der Waals surface area contributed by atoms with Crippen molar-refractivity contribution in [1.82, 2.24) is 4.90 Å². The molecule has 0 bridgehead atoms. The smallest absolute Gasteiger partial charge is 0.416 e. The molecular formula is C22H22F3N3O3. The van der Waals surface area contributed by atoms with Gasteiger partial charge in [-0.15, -0.1) is 0 Å². The molecule has 0 spiro atoms. The topological polar surface area (TPSA) is 53.1 Å². The predicted octanol–water partition coefficient (Wildman–Crippen LogP) is 3.17. The first kappa shape index (κ1) is 21.2. The number of piperazine rings is 1. The molecule has 2 heterocycles. The van der Waals surface area contributed by atoms with Gasteiger partial charge in [0, 0.05) is 37.9 Å². The fourth-order valence-corrected chi connectivity index (χ4v) is 4.07. The lowest BCUT2D eigenvalue weighted by atomic mass is 10.1. The molecule has 4 rings (SSSR count). The average molecular weight is 433 g/mol. The second-order valence-corrected chi connectivity index (χ2v) is 7.56. The summed E-state index contributed by atoms with van der Waals surface area (Å²) in [6.07, 6.45) is -4.44. The van der Waals surface area contributed by atoms with Crippen molar-refractivity contribution in [3.8, 4) is 5.75 Å². The monoisotopic (exact) mass is 433 g/mol. The molecule has 6 nitrogen and oxygen atoms in total. The third kappa shape index (κ3) is 4.23. The van der Waals surface area contributed by atoms with Gasteiger partial charge in [-0.3, -0.25) is 14.5 Å². The Labute approximate surface area is 177 Å². The Morgan fingerprint density at radius 2 is 1.61 bits per heavy atom. The summed E-state index contributed by atoms with van der Waals surface area (Å²) in [6.45, 7) is 2.57. The zero-order valence-corrected chi connectivity index (χ0v) is 16.9. The van der Waals surface area contributed by atoms with Crippen molar-refractivity contribution < 1.29 is 27.5 Å². The van der Waals surface area contributed by atoms with E-state index in [1.165, 1.54) is 12.1 Å². The fraction of sp³-hybridized carbons (Fsp3) is 0.364. The number of amides is 2. The van der Waals surface area contributed by atoms with Crippen LogP contribution < -0.4 is 14.5 Å². The highest BCUT2D eigenvalue weighted by Crippen LogP contribution is 2.32. The van der Waals surface area contributed by atoms with Crippen LogP contribution >= 0.6 is 0 Å². The second kappa shape index (κ2) is 8.22. The van der Waals surface area contributed by atoms with Crippen LogP contribution in [0.3, 0.4) is 0 Å². The van der Waals surface area contributed by atoms with E-state index < -0.39 is 23.7 Å². The van der Waals surface area contributed by atoms with E-state index >= 15 is 0 Å². The number of benzene rings is 2. The molecule has 2 amide bonds. The molecule has 2 fully saturated rings.